The predicted octanol–water partition coefficient (Wildman–Crippen LogP) is 2.63. The average Bonchev–Trinajstić information content (AvgIpc) is 3.15. The summed E-state index contributed by atoms with van der Waals surface area (Å²) in [4.78, 5) is 14.1. The quantitative estimate of drug-likeness (QED) is 0.799. The van der Waals surface area contributed by atoms with Crippen molar-refractivity contribution in [1.82, 2.24) is 4.90 Å². The molecule has 3 rings (SSSR count). The lowest BCUT2D eigenvalue weighted by atomic mass is 10.2. The van der Waals surface area contributed by atoms with Crippen molar-refractivity contribution in [2.75, 3.05) is 26.8 Å². The summed E-state index contributed by atoms with van der Waals surface area (Å²) in [7, 11) is 1.50. The molecule has 1 fully saturated rings. The number of nitrogens with zero attached hydrogens (tertiary/aromatic N) is 2. The molecule has 0 bridgehead atoms. The van der Waals surface area contributed by atoms with Crippen LogP contribution in [-0.4, -0.2) is 43.7 Å². The molecule has 0 N–H and O–H groups in total. The molecule has 0 saturated carbocycles. The van der Waals surface area contributed by atoms with Crippen molar-refractivity contribution >= 4 is 5.91 Å². The minimum Gasteiger partial charge on any atom is -0.493 e. The number of ether oxygens (including phenoxy) is 3. The molecule has 1 atom stereocenters. The third-order valence-corrected chi connectivity index (χ3v) is 4.19. The maximum absolute atomic E-state index is 12.4. The first-order valence-corrected chi connectivity index (χ1v) is 8.40. The zero-order valence-electron chi connectivity index (χ0n) is 14.6. The minimum atomic E-state index is -0.101. The molecule has 26 heavy (non-hydrogen) atoms. The molecule has 1 amide bonds. The van der Waals surface area contributed by atoms with Crippen molar-refractivity contribution in [2.24, 2.45) is 0 Å². The van der Waals surface area contributed by atoms with Crippen LogP contribution in [0.2, 0.25) is 0 Å². The smallest absolute Gasteiger partial charge is 0.260 e. The van der Waals surface area contributed by atoms with Crippen molar-refractivity contribution in [2.45, 2.75) is 12.5 Å². The van der Waals surface area contributed by atoms with Gasteiger partial charge in [-0.15, -0.1) is 0 Å². The second kappa shape index (κ2) is 8.26. The van der Waals surface area contributed by atoms with Crippen LogP contribution in [0.4, 0.5) is 0 Å². The van der Waals surface area contributed by atoms with Crippen molar-refractivity contribution in [3.8, 4) is 23.3 Å². The van der Waals surface area contributed by atoms with Crippen LogP contribution in [0.3, 0.4) is 0 Å². The fourth-order valence-corrected chi connectivity index (χ4v) is 2.83. The van der Waals surface area contributed by atoms with Gasteiger partial charge in [-0.2, -0.15) is 5.26 Å². The van der Waals surface area contributed by atoms with Crippen LogP contribution in [0.1, 0.15) is 12.0 Å². The number of hydrogen-bond donors (Lipinski definition) is 0. The number of hydrogen-bond acceptors (Lipinski definition) is 5. The van der Waals surface area contributed by atoms with Crippen molar-refractivity contribution in [1.29, 1.82) is 5.26 Å². The largest absolute Gasteiger partial charge is 0.493 e. The number of rotatable bonds is 6. The number of carbonyl (C=O) groups is 1. The minimum absolute atomic E-state index is 0.00852. The standard InChI is InChI=1S/C20H20N2O4/c1-24-19-11-15(12-21)7-8-18(19)25-14-20(23)22-10-9-17(13-22)26-16-5-3-2-4-6-16/h2-8,11,17H,9-10,13-14H2,1H3. The Bertz CT molecular complexity index is 801. The molecular formula is C20H20N2O4. The van der Waals surface area contributed by atoms with Gasteiger partial charge in [-0.1, -0.05) is 18.2 Å². The normalized spacial score (nSPS) is 16.0. The molecule has 134 valence electrons. The molecule has 2 aromatic rings. The van der Waals surface area contributed by atoms with Gasteiger partial charge < -0.3 is 19.1 Å². The Hall–Kier alpha value is -3.20. The molecule has 0 radical (unpaired) electrons. The van der Waals surface area contributed by atoms with Gasteiger partial charge in [-0.05, 0) is 24.3 Å². The van der Waals surface area contributed by atoms with Crippen LogP contribution in [0.25, 0.3) is 0 Å². The van der Waals surface area contributed by atoms with E-state index in [1.165, 1.54) is 7.11 Å². The van der Waals surface area contributed by atoms with E-state index < -0.39 is 0 Å². The van der Waals surface area contributed by atoms with Crippen LogP contribution in [0.15, 0.2) is 48.5 Å². The van der Waals surface area contributed by atoms with E-state index in [1.54, 1.807) is 23.1 Å². The molecule has 6 nitrogen and oxygen atoms in total. The summed E-state index contributed by atoms with van der Waals surface area (Å²) < 4.78 is 16.7. The van der Waals surface area contributed by atoms with Crippen LogP contribution in [0, 0.1) is 11.3 Å². The molecular weight excluding hydrogens is 332 g/mol. The van der Waals surface area contributed by atoms with Gasteiger partial charge in [0.1, 0.15) is 11.9 Å². The SMILES string of the molecule is COc1cc(C#N)ccc1OCC(=O)N1CCC(Oc2ccccc2)C1. The summed E-state index contributed by atoms with van der Waals surface area (Å²) in [6.45, 7) is 1.10. The molecule has 0 aliphatic carbocycles. The second-order valence-electron chi connectivity index (χ2n) is 5.95. The molecule has 0 spiro atoms. The highest BCUT2D eigenvalue weighted by atomic mass is 16.5. The Morgan fingerprint density at radius 1 is 1.23 bits per heavy atom. The number of nitriles is 1. The third kappa shape index (κ3) is 4.25. The van der Waals surface area contributed by atoms with E-state index in [0.29, 0.717) is 30.2 Å². The van der Waals surface area contributed by atoms with Gasteiger partial charge in [0.2, 0.25) is 0 Å². The first-order chi connectivity index (χ1) is 12.7. The third-order valence-electron chi connectivity index (χ3n) is 4.19. The maximum atomic E-state index is 12.4. The van der Waals surface area contributed by atoms with Crippen molar-refractivity contribution < 1.29 is 19.0 Å². The number of benzene rings is 2. The predicted molar refractivity (Wildman–Crippen MR) is 95.3 cm³/mol. The summed E-state index contributed by atoms with van der Waals surface area (Å²) in [5.41, 5.74) is 0.473. The van der Waals surface area contributed by atoms with Gasteiger partial charge in [-0.25, -0.2) is 0 Å². The molecule has 0 aromatic heterocycles. The molecule has 1 aliphatic heterocycles. The summed E-state index contributed by atoms with van der Waals surface area (Å²) in [5, 5.41) is 8.92. The van der Waals surface area contributed by atoms with Crippen molar-refractivity contribution in [3.63, 3.8) is 0 Å². The topological polar surface area (TPSA) is 71.8 Å². The Balaban J connectivity index is 1.52. The highest BCUT2D eigenvalue weighted by Crippen LogP contribution is 2.28. The summed E-state index contributed by atoms with van der Waals surface area (Å²) in [5.74, 6) is 1.58. The van der Waals surface area contributed by atoms with E-state index in [1.807, 2.05) is 36.4 Å². The van der Waals surface area contributed by atoms with E-state index in [2.05, 4.69) is 0 Å². The highest BCUT2D eigenvalue weighted by molar-refractivity contribution is 5.78. The van der Waals surface area contributed by atoms with E-state index in [-0.39, 0.29) is 18.6 Å². The first-order valence-electron chi connectivity index (χ1n) is 8.40. The average molecular weight is 352 g/mol. The van der Waals surface area contributed by atoms with Gasteiger partial charge in [0, 0.05) is 19.0 Å². The number of carbonyl (C=O) groups excluding carboxylic acids is 1. The highest BCUT2D eigenvalue weighted by Gasteiger charge is 2.28. The van der Waals surface area contributed by atoms with Gasteiger partial charge in [0.15, 0.2) is 18.1 Å². The number of likely N-dealkylation sites (tertiary alicyclic amines) is 1. The Morgan fingerprint density at radius 3 is 2.77 bits per heavy atom. The second-order valence-corrected chi connectivity index (χ2v) is 5.95. The van der Waals surface area contributed by atoms with E-state index in [9.17, 15) is 4.79 Å². The van der Waals surface area contributed by atoms with E-state index in [0.717, 1.165) is 12.2 Å². The molecule has 1 unspecified atom stereocenters. The monoisotopic (exact) mass is 352 g/mol. The van der Waals surface area contributed by atoms with Gasteiger partial charge >= 0.3 is 0 Å². The van der Waals surface area contributed by atoms with Gasteiger partial charge in [-0.3, -0.25) is 4.79 Å². The number of methoxy groups -OCH3 is 1. The molecule has 2 aromatic carbocycles. The molecule has 1 aliphatic rings. The number of para-hydroxylation sites is 1. The lowest BCUT2D eigenvalue weighted by molar-refractivity contribution is -0.132. The lowest BCUT2D eigenvalue weighted by Crippen LogP contribution is -2.34. The Morgan fingerprint density at radius 2 is 2.04 bits per heavy atom. The molecule has 6 heteroatoms. The van der Waals surface area contributed by atoms with Crippen LogP contribution in [0.5, 0.6) is 17.2 Å². The lowest BCUT2D eigenvalue weighted by Gasteiger charge is -2.18. The van der Waals surface area contributed by atoms with Crippen LogP contribution >= 0.6 is 0 Å². The Labute approximate surface area is 152 Å². The van der Waals surface area contributed by atoms with Gasteiger partial charge in [0.05, 0.1) is 25.3 Å². The van der Waals surface area contributed by atoms with E-state index in [4.69, 9.17) is 19.5 Å². The fraction of sp³-hybridized carbons (Fsp3) is 0.300. The fourth-order valence-electron chi connectivity index (χ4n) is 2.83. The zero-order chi connectivity index (χ0) is 18.4. The van der Waals surface area contributed by atoms with E-state index >= 15 is 0 Å². The molecule has 1 saturated heterocycles. The summed E-state index contributed by atoms with van der Waals surface area (Å²) in [6.07, 6.45) is 0.784. The zero-order valence-corrected chi connectivity index (χ0v) is 14.6. The number of amides is 1. The molecule has 1 heterocycles. The Kier molecular flexibility index (Phi) is 5.59. The first kappa shape index (κ1) is 17.6. The van der Waals surface area contributed by atoms with Crippen LogP contribution in [-0.2, 0) is 4.79 Å². The van der Waals surface area contributed by atoms with Crippen molar-refractivity contribution in [3.05, 3.63) is 54.1 Å². The van der Waals surface area contributed by atoms with Gasteiger partial charge in [0.25, 0.3) is 5.91 Å². The summed E-state index contributed by atoms with van der Waals surface area (Å²) >= 11 is 0. The summed E-state index contributed by atoms with van der Waals surface area (Å²) in [6, 6.07) is 16.5. The maximum Gasteiger partial charge on any atom is 0.260 e. The van der Waals surface area contributed by atoms with Crippen LogP contribution < -0.4 is 14.2 Å².